The van der Waals surface area contributed by atoms with Crippen molar-refractivity contribution in [2.75, 3.05) is 43.5 Å². The van der Waals surface area contributed by atoms with Gasteiger partial charge in [0.1, 0.15) is 59.2 Å². The largest absolute Gasteiger partial charge is 0.508 e. The topological polar surface area (TPSA) is 140 Å². The van der Waals surface area contributed by atoms with Gasteiger partial charge in [0.15, 0.2) is 11.6 Å². The third-order valence-corrected chi connectivity index (χ3v) is 10.2. The lowest BCUT2D eigenvalue weighted by molar-refractivity contribution is 0.101. The Morgan fingerprint density at radius 3 is 2.82 bits per heavy atom. The number of hydrogen-bond donors (Lipinski definition) is 2. The lowest BCUT2D eigenvalue weighted by Crippen LogP contribution is -2.43. The fourth-order valence-corrected chi connectivity index (χ4v) is 7.94. The minimum atomic E-state index is -0.977. The van der Waals surface area contributed by atoms with Gasteiger partial charge in [-0.25, -0.2) is 23.1 Å². The molecule has 50 heavy (non-hydrogen) atoms. The number of rotatable bonds is 7. The Morgan fingerprint density at radius 2 is 2.02 bits per heavy atom. The molecule has 3 N–H and O–H groups in total. The second kappa shape index (κ2) is 12.0. The zero-order valence-electron chi connectivity index (χ0n) is 27.4. The summed E-state index contributed by atoms with van der Waals surface area (Å²) < 4.78 is 59.3. The van der Waals surface area contributed by atoms with E-state index in [1.165, 1.54) is 25.1 Å². The number of aromatic hydroxyl groups is 1. The molecule has 1 unspecified atom stereocenters. The zero-order valence-corrected chi connectivity index (χ0v) is 27.4. The highest BCUT2D eigenvalue weighted by Gasteiger charge is 2.49. The number of nitrogen functional groups attached to an aromatic ring is 1. The Balaban J connectivity index is 1.35. The quantitative estimate of drug-likeness (QED) is 0.197. The van der Waals surface area contributed by atoms with Gasteiger partial charge in [-0.1, -0.05) is 12.1 Å². The number of ketones is 1. The van der Waals surface area contributed by atoms with Gasteiger partial charge in [0, 0.05) is 35.7 Å². The number of ether oxygens (including phenoxy) is 2. The van der Waals surface area contributed by atoms with Crippen molar-refractivity contribution in [3.8, 4) is 28.9 Å². The van der Waals surface area contributed by atoms with Gasteiger partial charge in [-0.3, -0.25) is 9.69 Å². The fourth-order valence-electron chi connectivity index (χ4n) is 7.94. The molecule has 0 amide bonds. The van der Waals surface area contributed by atoms with Gasteiger partial charge < -0.3 is 25.2 Å². The number of Topliss-reactive ketones (excluding diaryl/α,β-unsaturated/α-hetero) is 1. The van der Waals surface area contributed by atoms with Crippen molar-refractivity contribution in [2.24, 2.45) is 0 Å². The molecule has 0 bridgehead atoms. The number of nitrogens with zero attached hydrogens (tertiary/aromatic N) is 6. The van der Waals surface area contributed by atoms with Crippen LogP contribution in [0.2, 0.25) is 0 Å². The van der Waals surface area contributed by atoms with Crippen LogP contribution in [0, 0.1) is 11.6 Å². The molecule has 6 heterocycles. The number of halogens is 3. The SMILES string of the molecule is CC(=O)c1c(F)ccc2cc(O)cc(-c3nc4c5c(nc(OC[C@@]67CCCN6C[C@H](F)C7)nc5c3F)N(C(C)c3cccnc3N)CCO4)c12. The van der Waals surface area contributed by atoms with Crippen molar-refractivity contribution in [3.63, 3.8) is 0 Å². The summed E-state index contributed by atoms with van der Waals surface area (Å²) in [4.78, 5) is 34.9. The number of carbonyl (C=O) groups is 1. The summed E-state index contributed by atoms with van der Waals surface area (Å²) in [7, 11) is 0. The maximum Gasteiger partial charge on any atom is 0.319 e. The van der Waals surface area contributed by atoms with Gasteiger partial charge in [0.2, 0.25) is 5.88 Å². The molecule has 0 saturated carbocycles. The number of benzene rings is 2. The molecular formula is C36H34F3N7O4. The number of nitrogens with two attached hydrogens (primary N) is 1. The molecule has 3 atom stereocenters. The van der Waals surface area contributed by atoms with Crippen LogP contribution < -0.4 is 20.1 Å². The van der Waals surface area contributed by atoms with Gasteiger partial charge in [0.25, 0.3) is 0 Å². The van der Waals surface area contributed by atoms with E-state index < -0.39 is 35.2 Å². The van der Waals surface area contributed by atoms with E-state index in [-0.39, 0.29) is 76.3 Å². The van der Waals surface area contributed by atoms with Crippen LogP contribution in [0.1, 0.15) is 55.1 Å². The van der Waals surface area contributed by atoms with Crippen LogP contribution in [0.5, 0.6) is 17.6 Å². The Kier molecular flexibility index (Phi) is 7.66. The summed E-state index contributed by atoms with van der Waals surface area (Å²) in [5.74, 6) is -1.95. The van der Waals surface area contributed by atoms with Crippen LogP contribution in [-0.4, -0.2) is 80.3 Å². The van der Waals surface area contributed by atoms with Gasteiger partial charge in [-0.15, -0.1) is 0 Å². The van der Waals surface area contributed by atoms with E-state index in [1.54, 1.807) is 12.3 Å². The smallest absolute Gasteiger partial charge is 0.319 e. The van der Waals surface area contributed by atoms with Crippen molar-refractivity contribution in [2.45, 2.75) is 50.9 Å². The Morgan fingerprint density at radius 1 is 1.18 bits per heavy atom. The number of carbonyl (C=O) groups excluding carboxylic acids is 1. The molecule has 3 aliphatic rings. The van der Waals surface area contributed by atoms with Crippen molar-refractivity contribution >= 4 is 39.1 Å². The normalized spacial score (nSPS) is 20.9. The van der Waals surface area contributed by atoms with Crippen LogP contribution in [-0.2, 0) is 0 Å². The highest BCUT2D eigenvalue weighted by Crippen LogP contribution is 2.45. The maximum absolute atomic E-state index is 17.2. The van der Waals surface area contributed by atoms with E-state index in [2.05, 4.69) is 19.9 Å². The number of aromatic nitrogens is 4. The number of alkyl halides is 1. The lowest BCUT2D eigenvalue weighted by Gasteiger charge is -2.32. The summed E-state index contributed by atoms with van der Waals surface area (Å²) in [6.07, 6.45) is 2.58. The number of hydrogen-bond acceptors (Lipinski definition) is 11. The predicted molar refractivity (Wildman–Crippen MR) is 180 cm³/mol. The molecule has 3 aromatic heterocycles. The second-order valence-electron chi connectivity index (χ2n) is 13.3. The van der Waals surface area contributed by atoms with Crippen LogP contribution in [0.3, 0.4) is 0 Å². The Bertz CT molecular complexity index is 2200. The third kappa shape index (κ3) is 5.11. The summed E-state index contributed by atoms with van der Waals surface area (Å²) in [5, 5.41) is 11.2. The van der Waals surface area contributed by atoms with Gasteiger partial charge in [-0.2, -0.15) is 9.97 Å². The van der Waals surface area contributed by atoms with Crippen molar-refractivity contribution < 1.29 is 32.5 Å². The standard InChI is InChI=1S/C36H34F3N7O4/c1-18(23-5-3-9-41-32(23)40)46-11-12-49-34-28-31(43-35(44-33(28)46)50-17-36-8-4-10-45(36)16-21(37)15-36)29(39)30(42-34)24-14-22(48)13-20-6-7-25(38)26(19(2)47)27(20)24/h3,5-7,9,13-14,18,21,48H,4,8,10-12,15-17H2,1-2H3,(H2,40,41)/t18?,21-,36+/m1/s1. The van der Waals surface area contributed by atoms with Crippen molar-refractivity contribution in [3.05, 3.63) is 65.4 Å². The van der Waals surface area contributed by atoms with Crippen LogP contribution in [0.4, 0.5) is 24.8 Å². The van der Waals surface area contributed by atoms with Crippen molar-refractivity contribution in [1.29, 1.82) is 0 Å². The van der Waals surface area contributed by atoms with Crippen molar-refractivity contribution in [1.82, 2.24) is 24.8 Å². The van der Waals surface area contributed by atoms with Gasteiger partial charge in [0.05, 0.1) is 23.7 Å². The van der Waals surface area contributed by atoms with Gasteiger partial charge >= 0.3 is 6.01 Å². The van der Waals surface area contributed by atoms with Crippen LogP contribution in [0.15, 0.2) is 42.6 Å². The Hall–Kier alpha value is -5.24. The molecule has 14 heteroatoms. The first-order valence-corrected chi connectivity index (χ1v) is 16.5. The average molecular weight is 686 g/mol. The first kappa shape index (κ1) is 32.0. The molecule has 0 radical (unpaired) electrons. The summed E-state index contributed by atoms with van der Waals surface area (Å²) in [5.41, 5.74) is 5.66. The lowest BCUT2D eigenvalue weighted by atomic mass is 9.94. The first-order valence-electron chi connectivity index (χ1n) is 16.5. The van der Waals surface area contributed by atoms with E-state index >= 15 is 8.78 Å². The summed E-state index contributed by atoms with van der Waals surface area (Å²) in [6, 6.07) is 8.19. The highest BCUT2D eigenvalue weighted by atomic mass is 19.1. The zero-order chi connectivity index (χ0) is 34.9. The molecule has 11 nitrogen and oxygen atoms in total. The first-order chi connectivity index (χ1) is 24.0. The number of pyridine rings is 2. The number of fused-ring (bicyclic) bond motifs is 2. The molecule has 2 saturated heterocycles. The average Bonchev–Trinajstić information content (AvgIpc) is 3.54. The van der Waals surface area contributed by atoms with Crippen LogP contribution in [0.25, 0.3) is 32.9 Å². The molecule has 0 aliphatic carbocycles. The molecule has 3 aliphatic heterocycles. The number of phenolic OH excluding ortho intramolecular Hbond substituents is 1. The molecule has 258 valence electrons. The molecule has 0 spiro atoms. The minimum Gasteiger partial charge on any atom is -0.508 e. The molecular weight excluding hydrogens is 651 g/mol. The monoisotopic (exact) mass is 685 g/mol. The third-order valence-electron chi connectivity index (χ3n) is 10.2. The number of phenols is 1. The van der Waals surface area contributed by atoms with E-state index in [9.17, 15) is 14.3 Å². The van der Waals surface area contributed by atoms with E-state index in [0.29, 0.717) is 29.7 Å². The van der Waals surface area contributed by atoms with Crippen LogP contribution >= 0.6 is 0 Å². The predicted octanol–water partition coefficient (Wildman–Crippen LogP) is 5.92. The summed E-state index contributed by atoms with van der Waals surface area (Å²) in [6.45, 7) is 4.71. The number of anilines is 2. The van der Waals surface area contributed by atoms with E-state index in [1.807, 2.05) is 17.9 Å². The molecule has 2 fully saturated rings. The minimum absolute atomic E-state index is 0.000653. The van der Waals surface area contributed by atoms with E-state index in [0.717, 1.165) is 25.5 Å². The maximum atomic E-state index is 17.2. The molecule has 2 aromatic carbocycles. The van der Waals surface area contributed by atoms with Gasteiger partial charge in [-0.05, 0) is 62.9 Å². The molecule has 5 aromatic rings. The van der Waals surface area contributed by atoms with E-state index in [4.69, 9.17) is 20.2 Å². The Labute approximate surface area is 284 Å². The second-order valence-corrected chi connectivity index (χ2v) is 13.3. The fraction of sp³-hybridized carbons (Fsp3) is 0.361. The summed E-state index contributed by atoms with van der Waals surface area (Å²) >= 11 is 0. The molecule has 8 rings (SSSR count). The highest BCUT2D eigenvalue weighted by molar-refractivity contribution is 6.13.